The van der Waals surface area contributed by atoms with E-state index in [2.05, 4.69) is 4.99 Å². The van der Waals surface area contributed by atoms with Crippen molar-refractivity contribution in [3.63, 3.8) is 0 Å². The lowest BCUT2D eigenvalue weighted by Crippen LogP contribution is -2.50. The van der Waals surface area contributed by atoms with E-state index in [1.165, 1.54) is 4.90 Å². The van der Waals surface area contributed by atoms with Gasteiger partial charge in [0, 0.05) is 12.1 Å². The van der Waals surface area contributed by atoms with Crippen molar-refractivity contribution < 1.29 is 14.3 Å². The Morgan fingerprint density at radius 3 is 2.58 bits per heavy atom. The molecule has 1 unspecified atom stereocenters. The number of aliphatic imine (C=N–C) groups is 1. The first kappa shape index (κ1) is 17.9. The number of ether oxygens (including phenoxy) is 1. The molecule has 0 N–H and O–H groups in total. The molecule has 1 saturated heterocycles. The van der Waals surface area contributed by atoms with Gasteiger partial charge in [-0.15, -0.1) is 0 Å². The zero-order valence-electron chi connectivity index (χ0n) is 15.2. The minimum absolute atomic E-state index is 0.202. The SMILES string of the molecule is CCOC(=O)C1(C)CC(=Nc2cccc(C)c2)C(=O)N1c1ccccc1. The Morgan fingerprint density at radius 2 is 1.92 bits per heavy atom. The maximum Gasteiger partial charge on any atom is 0.332 e. The lowest BCUT2D eigenvalue weighted by Gasteiger charge is -2.32. The number of esters is 1. The molecule has 1 fully saturated rings. The second-order valence-electron chi connectivity index (χ2n) is 6.54. The van der Waals surface area contributed by atoms with E-state index in [4.69, 9.17) is 4.74 Å². The summed E-state index contributed by atoms with van der Waals surface area (Å²) in [7, 11) is 0. The molecule has 0 spiro atoms. The lowest BCUT2D eigenvalue weighted by atomic mass is 9.98. The molecule has 134 valence electrons. The average molecular weight is 350 g/mol. The highest BCUT2D eigenvalue weighted by Crippen LogP contribution is 2.35. The first-order valence-corrected chi connectivity index (χ1v) is 8.67. The largest absolute Gasteiger partial charge is 0.464 e. The van der Waals surface area contributed by atoms with Gasteiger partial charge in [-0.25, -0.2) is 9.79 Å². The molecular weight excluding hydrogens is 328 g/mol. The molecule has 5 nitrogen and oxygen atoms in total. The highest BCUT2D eigenvalue weighted by Gasteiger charge is 2.52. The van der Waals surface area contributed by atoms with Gasteiger partial charge >= 0.3 is 5.97 Å². The zero-order valence-corrected chi connectivity index (χ0v) is 15.2. The molecule has 0 aliphatic carbocycles. The van der Waals surface area contributed by atoms with E-state index >= 15 is 0 Å². The summed E-state index contributed by atoms with van der Waals surface area (Å²) in [5.41, 5.74) is 1.66. The van der Waals surface area contributed by atoms with Crippen molar-refractivity contribution in [1.82, 2.24) is 0 Å². The number of hydrogen-bond donors (Lipinski definition) is 0. The number of carbonyl (C=O) groups is 2. The highest BCUT2D eigenvalue weighted by molar-refractivity contribution is 6.48. The molecule has 1 aliphatic heterocycles. The molecule has 2 aromatic carbocycles. The van der Waals surface area contributed by atoms with E-state index in [0.717, 1.165) is 5.56 Å². The molecule has 1 aliphatic rings. The van der Waals surface area contributed by atoms with Crippen molar-refractivity contribution in [3.8, 4) is 0 Å². The Hall–Kier alpha value is -2.95. The Morgan fingerprint density at radius 1 is 1.19 bits per heavy atom. The van der Waals surface area contributed by atoms with Crippen LogP contribution in [0.25, 0.3) is 0 Å². The molecular formula is C21H22N2O3. The van der Waals surface area contributed by atoms with Crippen molar-refractivity contribution in [1.29, 1.82) is 0 Å². The van der Waals surface area contributed by atoms with Crippen LogP contribution in [0.5, 0.6) is 0 Å². The number of benzene rings is 2. The van der Waals surface area contributed by atoms with Gasteiger partial charge in [-0.3, -0.25) is 9.69 Å². The number of hydrogen-bond acceptors (Lipinski definition) is 4. The third-order valence-electron chi connectivity index (χ3n) is 4.45. The van der Waals surface area contributed by atoms with Crippen molar-refractivity contribution in [2.45, 2.75) is 32.7 Å². The van der Waals surface area contributed by atoms with Gasteiger partial charge in [0.15, 0.2) is 0 Å². The molecule has 0 saturated carbocycles. The molecule has 2 aromatic rings. The summed E-state index contributed by atoms with van der Waals surface area (Å²) in [6.45, 7) is 5.72. The lowest BCUT2D eigenvalue weighted by molar-refractivity contribution is -0.149. The van der Waals surface area contributed by atoms with Crippen molar-refractivity contribution in [3.05, 3.63) is 60.2 Å². The normalized spacial score (nSPS) is 21.3. The maximum absolute atomic E-state index is 13.1. The van der Waals surface area contributed by atoms with Crippen LogP contribution < -0.4 is 4.90 Å². The second-order valence-corrected chi connectivity index (χ2v) is 6.54. The first-order valence-electron chi connectivity index (χ1n) is 8.67. The number of carbonyl (C=O) groups excluding carboxylic acids is 2. The quantitative estimate of drug-likeness (QED) is 0.788. The van der Waals surface area contributed by atoms with Crippen LogP contribution in [0.3, 0.4) is 0 Å². The summed E-state index contributed by atoms with van der Waals surface area (Å²) in [6.07, 6.45) is 0.202. The molecule has 0 aromatic heterocycles. The minimum atomic E-state index is -1.11. The van der Waals surface area contributed by atoms with E-state index < -0.39 is 11.5 Å². The van der Waals surface area contributed by atoms with Crippen molar-refractivity contribution in [2.75, 3.05) is 11.5 Å². The summed E-state index contributed by atoms with van der Waals surface area (Å²) in [6, 6.07) is 16.8. The number of aryl methyl sites for hydroxylation is 1. The number of rotatable bonds is 4. The molecule has 0 radical (unpaired) electrons. The summed E-state index contributed by atoms with van der Waals surface area (Å²) >= 11 is 0. The average Bonchev–Trinajstić information content (AvgIpc) is 2.87. The third-order valence-corrected chi connectivity index (χ3v) is 4.45. The fourth-order valence-corrected chi connectivity index (χ4v) is 3.20. The van der Waals surface area contributed by atoms with Gasteiger partial charge in [0.1, 0.15) is 11.3 Å². The van der Waals surface area contributed by atoms with E-state index in [1.807, 2.05) is 61.5 Å². The summed E-state index contributed by atoms with van der Waals surface area (Å²) in [5, 5.41) is 0. The second kappa shape index (κ2) is 7.12. The van der Waals surface area contributed by atoms with Crippen molar-refractivity contribution >= 4 is 29.0 Å². The molecule has 1 heterocycles. The molecule has 1 amide bonds. The fourth-order valence-electron chi connectivity index (χ4n) is 3.20. The van der Waals surface area contributed by atoms with Crippen molar-refractivity contribution in [2.24, 2.45) is 4.99 Å². The van der Waals surface area contributed by atoms with Gasteiger partial charge < -0.3 is 4.74 Å². The molecule has 1 atom stereocenters. The third kappa shape index (κ3) is 3.25. The predicted octanol–water partition coefficient (Wildman–Crippen LogP) is 3.83. The van der Waals surface area contributed by atoms with Crippen LogP contribution in [-0.2, 0) is 14.3 Å². The monoisotopic (exact) mass is 350 g/mol. The Kier molecular flexibility index (Phi) is 4.89. The Bertz CT molecular complexity index is 861. The van der Waals surface area contributed by atoms with Gasteiger partial charge in [0.25, 0.3) is 5.91 Å². The zero-order chi connectivity index (χ0) is 18.7. The summed E-state index contributed by atoms with van der Waals surface area (Å²) in [4.78, 5) is 31.8. The molecule has 5 heteroatoms. The van der Waals surface area contributed by atoms with Crippen LogP contribution in [0, 0.1) is 6.92 Å². The topological polar surface area (TPSA) is 59.0 Å². The fraction of sp³-hybridized carbons (Fsp3) is 0.286. The van der Waals surface area contributed by atoms with E-state index in [0.29, 0.717) is 17.1 Å². The van der Waals surface area contributed by atoms with E-state index in [1.54, 1.807) is 13.8 Å². The summed E-state index contributed by atoms with van der Waals surface area (Å²) in [5.74, 6) is -0.695. The van der Waals surface area contributed by atoms with Gasteiger partial charge in [-0.05, 0) is 50.6 Å². The van der Waals surface area contributed by atoms with Crippen LogP contribution in [0.1, 0.15) is 25.8 Å². The van der Waals surface area contributed by atoms with E-state index in [9.17, 15) is 9.59 Å². The van der Waals surface area contributed by atoms with Gasteiger partial charge in [-0.1, -0.05) is 30.3 Å². The van der Waals surface area contributed by atoms with Gasteiger partial charge in [-0.2, -0.15) is 0 Å². The minimum Gasteiger partial charge on any atom is -0.464 e. The number of para-hydroxylation sites is 1. The van der Waals surface area contributed by atoms with Crippen LogP contribution in [0.4, 0.5) is 11.4 Å². The van der Waals surface area contributed by atoms with Gasteiger partial charge in [0.2, 0.25) is 0 Å². The highest BCUT2D eigenvalue weighted by atomic mass is 16.5. The van der Waals surface area contributed by atoms with Gasteiger partial charge in [0.05, 0.1) is 12.3 Å². The maximum atomic E-state index is 13.1. The summed E-state index contributed by atoms with van der Waals surface area (Å²) < 4.78 is 5.26. The van der Waals surface area contributed by atoms with Crippen LogP contribution >= 0.6 is 0 Å². The standard InChI is InChI=1S/C21H22N2O3/c1-4-26-20(25)21(3)14-18(22-16-10-8-9-15(2)13-16)19(24)23(21)17-11-6-5-7-12-17/h5-13H,4,14H2,1-3H3. The number of nitrogens with zero attached hydrogens (tertiary/aromatic N) is 2. The predicted molar refractivity (Wildman–Crippen MR) is 102 cm³/mol. The smallest absolute Gasteiger partial charge is 0.332 e. The van der Waals surface area contributed by atoms with Crippen LogP contribution in [-0.4, -0.2) is 29.7 Å². The van der Waals surface area contributed by atoms with Crippen LogP contribution in [0.2, 0.25) is 0 Å². The molecule has 3 rings (SSSR count). The first-order chi connectivity index (χ1) is 12.5. The van der Waals surface area contributed by atoms with E-state index in [-0.39, 0.29) is 18.9 Å². The Balaban J connectivity index is 2.06. The molecule has 26 heavy (non-hydrogen) atoms. The van der Waals surface area contributed by atoms with Crippen LogP contribution in [0.15, 0.2) is 59.6 Å². The Labute approximate surface area is 153 Å². The molecule has 0 bridgehead atoms. The number of anilines is 1. The number of amides is 1.